The van der Waals surface area contributed by atoms with E-state index in [0.29, 0.717) is 25.2 Å². The summed E-state index contributed by atoms with van der Waals surface area (Å²) < 4.78 is 27.5. The van der Waals surface area contributed by atoms with Gasteiger partial charge in [-0.3, -0.25) is 4.79 Å². The number of carbonyl (C=O) groups excluding carboxylic acids is 1. The van der Waals surface area contributed by atoms with Gasteiger partial charge in [-0.1, -0.05) is 31.5 Å². The molecule has 1 amide bonds. The molecule has 0 saturated carbocycles. The Balaban J connectivity index is 1.75. The standard InChI is InChI=1S/C22H23ClN2O3S3/c1-3-24(4-2)31(27,28)20-14-15(7-8-17(20)23)22(26)25-11-9-18-16(10-13-30-18)21(25)19-6-5-12-29-19/h5-8,10,12-14,21H,3-4,9,11H2,1-2H3. The molecular weight excluding hydrogens is 472 g/mol. The normalized spacial score (nSPS) is 16.5. The van der Waals surface area contributed by atoms with Crippen LogP contribution in [0.4, 0.5) is 0 Å². The number of sulfonamides is 1. The molecule has 1 aliphatic rings. The molecular formula is C22H23ClN2O3S3. The van der Waals surface area contributed by atoms with Crippen molar-refractivity contribution in [1.82, 2.24) is 9.21 Å². The highest BCUT2D eigenvalue weighted by Gasteiger charge is 2.35. The van der Waals surface area contributed by atoms with Crippen molar-refractivity contribution in [1.29, 1.82) is 0 Å². The van der Waals surface area contributed by atoms with Crippen LogP contribution < -0.4 is 0 Å². The van der Waals surface area contributed by atoms with Crippen molar-refractivity contribution in [3.8, 4) is 0 Å². The van der Waals surface area contributed by atoms with Crippen molar-refractivity contribution in [2.45, 2.75) is 31.2 Å². The van der Waals surface area contributed by atoms with Gasteiger partial charge in [0.1, 0.15) is 4.90 Å². The Morgan fingerprint density at radius 1 is 1.16 bits per heavy atom. The molecule has 0 fully saturated rings. The molecule has 9 heteroatoms. The van der Waals surface area contributed by atoms with Gasteiger partial charge in [0.05, 0.1) is 11.1 Å². The second kappa shape index (κ2) is 9.03. The van der Waals surface area contributed by atoms with Crippen LogP contribution in [0.2, 0.25) is 5.02 Å². The van der Waals surface area contributed by atoms with Crippen molar-refractivity contribution in [3.05, 3.63) is 73.1 Å². The third kappa shape index (κ3) is 4.07. The van der Waals surface area contributed by atoms with Gasteiger partial charge in [-0.05, 0) is 53.1 Å². The van der Waals surface area contributed by atoms with Gasteiger partial charge < -0.3 is 4.90 Å². The van der Waals surface area contributed by atoms with E-state index in [1.54, 1.807) is 42.6 Å². The number of nitrogens with zero attached hydrogens (tertiary/aromatic N) is 2. The first-order chi connectivity index (χ1) is 14.9. The van der Waals surface area contributed by atoms with E-state index in [0.717, 1.165) is 16.9 Å². The van der Waals surface area contributed by atoms with E-state index in [9.17, 15) is 13.2 Å². The fourth-order valence-electron chi connectivity index (χ4n) is 3.99. The van der Waals surface area contributed by atoms with Crippen LogP contribution in [0.1, 0.15) is 45.6 Å². The summed E-state index contributed by atoms with van der Waals surface area (Å²) in [5.74, 6) is -0.192. The van der Waals surface area contributed by atoms with E-state index < -0.39 is 10.0 Å². The summed E-state index contributed by atoms with van der Waals surface area (Å²) >= 11 is 9.60. The van der Waals surface area contributed by atoms with Crippen LogP contribution in [0.5, 0.6) is 0 Å². The Morgan fingerprint density at radius 3 is 2.61 bits per heavy atom. The highest BCUT2D eigenvalue weighted by atomic mass is 35.5. The molecule has 1 atom stereocenters. The van der Waals surface area contributed by atoms with E-state index in [1.165, 1.54) is 21.3 Å². The Kier molecular flexibility index (Phi) is 6.55. The first-order valence-electron chi connectivity index (χ1n) is 10.1. The van der Waals surface area contributed by atoms with E-state index in [2.05, 4.69) is 11.4 Å². The molecule has 0 radical (unpaired) electrons. The van der Waals surface area contributed by atoms with Gasteiger partial charge in [-0.15, -0.1) is 22.7 Å². The molecule has 1 aromatic carbocycles. The molecule has 1 aliphatic heterocycles. The molecule has 3 heterocycles. The quantitative estimate of drug-likeness (QED) is 0.468. The zero-order chi connectivity index (χ0) is 22.2. The third-order valence-electron chi connectivity index (χ3n) is 5.54. The zero-order valence-corrected chi connectivity index (χ0v) is 20.5. The average molecular weight is 495 g/mol. The zero-order valence-electron chi connectivity index (χ0n) is 17.2. The van der Waals surface area contributed by atoms with Crippen molar-refractivity contribution in [2.24, 2.45) is 0 Å². The van der Waals surface area contributed by atoms with Gasteiger partial charge in [-0.25, -0.2) is 8.42 Å². The highest BCUT2D eigenvalue weighted by molar-refractivity contribution is 7.89. The van der Waals surface area contributed by atoms with E-state index in [-0.39, 0.29) is 21.9 Å². The first-order valence-corrected chi connectivity index (χ1v) is 13.7. The molecule has 0 bridgehead atoms. The number of thiophene rings is 2. The predicted molar refractivity (Wildman–Crippen MR) is 127 cm³/mol. The Hall–Kier alpha value is -1.71. The monoisotopic (exact) mass is 494 g/mol. The minimum atomic E-state index is -3.78. The van der Waals surface area contributed by atoms with Crippen molar-refractivity contribution in [3.63, 3.8) is 0 Å². The van der Waals surface area contributed by atoms with Crippen LogP contribution >= 0.6 is 34.3 Å². The number of hydrogen-bond acceptors (Lipinski definition) is 5. The van der Waals surface area contributed by atoms with Gasteiger partial charge in [0.2, 0.25) is 10.0 Å². The SMILES string of the molecule is CCN(CC)S(=O)(=O)c1cc(C(=O)N2CCc3sccc3C2c2cccs2)ccc1Cl. The van der Waals surface area contributed by atoms with Crippen LogP contribution in [0.15, 0.2) is 52.1 Å². The van der Waals surface area contributed by atoms with Crippen LogP contribution in [0.3, 0.4) is 0 Å². The maximum atomic E-state index is 13.6. The maximum Gasteiger partial charge on any atom is 0.254 e. The largest absolute Gasteiger partial charge is 0.326 e. The molecule has 0 aliphatic carbocycles. The number of rotatable bonds is 6. The topological polar surface area (TPSA) is 57.7 Å². The highest BCUT2D eigenvalue weighted by Crippen LogP contribution is 2.40. The van der Waals surface area contributed by atoms with E-state index in [4.69, 9.17) is 11.6 Å². The van der Waals surface area contributed by atoms with Gasteiger partial charge in [0.25, 0.3) is 5.91 Å². The maximum absolute atomic E-state index is 13.6. The number of hydrogen-bond donors (Lipinski definition) is 0. The van der Waals surface area contributed by atoms with Crippen molar-refractivity contribution >= 4 is 50.2 Å². The van der Waals surface area contributed by atoms with Gasteiger partial charge in [0.15, 0.2) is 0 Å². The van der Waals surface area contributed by atoms with E-state index >= 15 is 0 Å². The molecule has 2 aromatic heterocycles. The fourth-order valence-corrected chi connectivity index (χ4v) is 7.71. The molecule has 0 spiro atoms. The summed E-state index contributed by atoms with van der Waals surface area (Å²) in [6.45, 7) is 4.81. The smallest absolute Gasteiger partial charge is 0.254 e. The van der Waals surface area contributed by atoms with Gasteiger partial charge >= 0.3 is 0 Å². The fraction of sp³-hybridized carbons (Fsp3) is 0.318. The summed E-state index contributed by atoms with van der Waals surface area (Å²) in [5.41, 5.74) is 1.48. The Labute approximate surface area is 195 Å². The van der Waals surface area contributed by atoms with Crippen molar-refractivity contribution < 1.29 is 13.2 Å². The third-order valence-corrected chi connectivity index (χ3v) is 9.99. The van der Waals surface area contributed by atoms with E-state index in [1.807, 2.05) is 22.4 Å². The van der Waals surface area contributed by atoms with Crippen LogP contribution in [0, 0.1) is 0 Å². The summed E-state index contributed by atoms with van der Waals surface area (Å²) in [6.07, 6.45) is 0.790. The lowest BCUT2D eigenvalue weighted by Crippen LogP contribution is -2.40. The Morgan fingerprint density at radius 2 is 1.94 bits per heavy atom. The Bertz CT molecular complexity index is 1180. The lowest BCUT2D eigenvalue weighted by atomic mass is 9.97. The second-order valence-electron chi connectivity index (χ2n) is 7.20. The van der Waals surface area contributed by atoms with Gasteiger partial charge in [0, 0.05) is 35.0 Å². The summed E-state index contributed by atoms with van der Waals surface area (Å²) in [4.78, 5) is 17.8. The minimum Gasteiger partial charge on any atom is -0.326 e. The number of halogens is 1. The molecule has 0 N–H and O–H groups in total. The number of carbonyl (C=O) groups is 1. The summed E-state index contributed by atoms with van der Waals surface area (Å²) in [7, 11) is -3.78. The predicted octanol–water partition coefficient (Wildman–Crippen LogP) is 5.28. The number of fused-ring (bicyclic) bond motifs is 1. The van der Waals surface area contributed by atoms with Crippen molar-refractivity contribution in [2.75, 3.05) is 19.6 Å². The number of amides is 1. The minimum absolute atomic E-state index is 0.0235. The average Bonchev–Trinajstić information content (AvgIpc) is 3.45. The molecule has 3 aromatic rings. The molecule has 5 nitrogen and oxygen atoms in total. The van der Waals surface area contributed by atoms with Gasteiger partial charge in [-0.2, -0.15) is 4.31 Å². The lowest BCUT2D eigenvalue weighted by molar-refractivity contribution is 0.0698. The van der Waals surface area contributed by atoms with Crippen LogP contribution in [-0.4, -0.2) is 43.2 Å². The molecule has 31 heavy (non-hydrogen) atoms. The molecule has 4 rings (SSSR count). The molecule has 1 unspecified atom stereocenters. The molecule has 0 saturated heterocycles. The second-order valence-corrected chi connectivity index (χ2v) is 11.5. The summed E-state index contributed by atoms with van der Waals surface area (Å²) in [5, 5.41) is 4.20. The van der Waals surface area contributed by atoms with Crippen LogP contribution in [0.25, 0.3) is 0 Å². The first kappa shape index (κ1) is 22.5. The summed E-state index contributed by atoms with van der Waals surface area (Å²) in [6, 6.07) is 10.5. The lowest BCUT2D eigenvalue weighted by Gasteiger charge is -2.35. The molecule has 164 valence electrons. The number of benzene rings is 1. The van der Waals surface area contributed by atoms with Crippen LogP contribution in [-0.2, 0) is 16.4 Å².